The minimum atomic E-state index is 0.248. The summed E-state index contributed by atoms with van der Waals surface area (Å²) in [5.74, 6) is 0.932. The Kier molecular flexibility index (Phi) is 2.25. The summed E-state index contributed by atoms with van der Waals surface area (Å²) in [6, 6.07) is 3.76. The van der Waals surface area contributed by atoms with Gasteiger partial charge in [0.25, 0.3) is 0 Å². The number of anilines is 1. The van der Waals surface area contributed by atoms with Crippen LogP contribution in [-0.4, -0.2) is 17.1 Å². The van der Waals surface area contributed by atoms with Gasteiger partial charge in [0, 0.05) is 16.1 Å². The number of nitrogens with two attached hydrogens (primary N) is 1. The number of methoxy groups -OCH3 is 1. The molecule has 0 aliphatic rings. The van der Waals surface area contributed by atoms with E-state index in [0.29, 0.717) is 5.75 Å². The Balaban J connectivity index is 2.81. The van der Waals surface area contributed by atoms with Gasteiger partial charge in [-0.15, -0.1) is 0 Å². The molecule has 2 aromatic rings. The maximum atomic E-state index is 5.50. The molecule has 72 valence electrons. The van der Waals surface area contributed by atoms with Crippen molar-refractivity contribution in [3.8, 4) is 5.75 Å². The number of aromatic nitrogens is 2. The normalized spacial score (nSPS) is 10.4. The molecule has 0 aliphatic carbocycles. The first-order chi connectivity index (χ1) is 6.70. The average Bonchev–Trinajstić information content (AvgIpc) is 2.17. The van der Waals surface area contributed by atoms with Crippen LogP contribution in [0.4, 0.5) is 5.95 Å². The standard InChI is InChI=1S/C9H8BrN3O/c1-14-7-3-6(10)2-5-4-12-9(11)13-8(5)7/h2-4H,1H3,(H2,11,12,13). The average molecular weight is 254 g/mol. The van der Waals surface area contributed by atoms with E-state index in [4.69, 9.17) is 10.5 Å². The number of benzene rings is 1. The zero-order valence-corrected chi connectivity index (χ0v) is 9.08. The Labute approximate surface area is 89.2 Å². The lowest BCUT2D eigenvalue weighted by molar-refractivity contribution is 0.418. The molecule has 0 saturated carbocycles. The van der Waals surface area contributed by atoms with E-state index in [1.165, 1.54) is 0 Å². The molecular weight excluding hydrogens is 246 g/mol. The maximum absolute atomic E-state index is 5.50. The molecule has 4 nitrogen and oxygen atoms in total. The molecule has 2 N–H and O–H groups in total. The summed E-state index contributed by atoms with van der Waals surface area (Å²) < 4.78 is 6.11. The fourth-order valence-electron chi connectivity index (χ4n) is 1.25. The maximum Gasteiger partial charge on any atom is 0.220 e. The van der Waals surface area contributed by atoms with Gasteiger partial charge < -0.3 is 10.5 Å². The lowest BCUT2D eigenvalue weighted by Crippen LogP contribution is -1.96. The van der Waals surface area contributed by atoms with Crippen molar-refractivity contribution in [3.63, 3.8) is 0 Å². The number of fused-ring (bicyclic) bond motifs is 1. The molecule has 0 atom stereocenters. The van der Waals surface area contributed by atoms with Gasteiger partial charge >= 0.3 is 0 Å². The summed E-state index contributed by atoms with van der Waals surface area (Å²) >= 11 is 3.38. The summed E-state index contributed by atoms with van der Waals surface area (Å²) in [7, 11) is 1.60. The van der Waals surface area contributed by atoms with Crippen molar-refractivity contribution in [1.29, 1.82) is 0 Å². The summed E-state index contributed by atoms with van der Waals surface area (Å²) in [5, 5.41) is 0.894. The second-order valence-corrected chi connectivity index (χ2v) is 3.69. The van der Waals surface area contributed by atoms with Crippen LogP contribution in [0.3, 0.4) is 0 Å². The third kappa shape index (κ3) is 1.50. The minimum absolute atomic E-state index is 0.248. The van der Waals surface area contributed by atoms with Crippen molar-refractivity contribution in [1.82, 2.24) is 9.97 Å². The van der Waals surface area contributed by atoms with Crippen molar-refractivity contribution < 1.29 is 4.74 Å². The van der Waals surface area contributed by atoms with Crippen LogP contribution in [0.1, 0.15) is 0 Å². The van der Waals surface area contributed by atoms with Crippen LogP contribution in [0.15, 0.2) is 22.8 Å². The van der Waals surface area contributed by atoms with Gasteiger partial charge in [0.15, 0.2) is 0 Å². The molecule has 0 aliphatic heterocycles. The molecule has 1 aromatic heterocycles. The second-order valence-electron chi connectivity index (χ2n) is 2.77. The van der Waals surface area contributed by atoms with Crippen molar-refractivity contribution in [3.05, 3.63) is 22.8 Å². The molecule has 5 heteroatoms. The van der Waals surface area contributed by atoms with Gasteiger partial charge in [-0.2, -0.15) is 0 Å². The Morgan fingerprint density at radius 3 is 2.93 bits per heavy atom. The fraction of sp³-hybridized carbons (Fsp3) is 0.111. The van der Waals surface area contributed by atoms with Crippen LogP contribution in [0.2, 0.25) is 0 Å². The molecule has 0 bridgehead atoms. The zero-order chi connectivity index (χ0) is 10.1. The highest BCUT2D eigenvalue weighted by molar-refractivity contribution is 9.10. The first-order valence-corrected chi connectivity index (χ1v) is 4.76. The number of halogens is 1. The van der Waals surface area contributed by atoms with Crippen LogP contribution in [-0.2, 0) is 0 Å². The minimum Gasteiger partial charge on any atom is -0.494 e. The first-order valence-electron chi connectivity index (χ1n) is 3.96. The van der Waals surface area contributed by atoms with Crippen LogP contribution >= 0.6 is 15.9 Å². The monoisotopic (exact) mass is 253 g/mol. The van der Waals surface area contributed by atoms with Crippen LogP contribution in [0.25, 0.3) is 10.9 Å². The Morgan fingerprint density at radius 1 is 1.43 bits per heavy atom. The molecular formula is C9H8BrN3O. The molecule has 0 fully saturated rings. The van der Waals surface area contributed by atoms with Gasteiger partial charge in [-0.1, -0.05) is 15.9 Å². The predicted molar refractivity (Wildman–Crippen MR) is 58.2 cm³/mol. The second kappa shape index (κ2) is 3.42. The van der Waals surface area contributed by atoms with Crippen LogP contribution in [0.5, 0.6) is 5.75 Å². The predicted octanol–water partition coefficient (Wildman–Crippen LogP) is 1.98. The van der Waals surface area contributed by atoms with Crippen LogP contribution < -0.4 is 10.5 Å². The molecule has 0 unspecified atom stereocenters. The van der Waals surface area contributed by atoms with Crippen molar-refractivity contribution in [2.45, 2.75) is 0 Å². The van der Waals surface area contributed by atoms with Gasteiger partial charge in [0.05, 0.1) is 7.11 Å². The van der Waals surface area contributed by atoms with E-state index in [0.717, 1.165) is 15.4 Å². The van der Waals surface area contributed by atoms with E-state index in [1.54, 1.807) is 13.3 Å². The third-order valence-corrected chi connectivity index (χ3v) is 2.31. The van der Waals surface area contributed by atoms with E-state index in [9.17, 15) is 0 Å². The molecule has 2 rings (SSSR count). The highest BCUT2D eigenvalue weighted by Crippen LogP contribution is 2.28. The fourth-order valence-corrected chi connectivity index (χ4v) is 1.70. The van der Waals surface area contributed by atoms with Gasteiger partial charge in [-0.05, 0) is 12.1 Å². The Hall–Kier alpha value is -1.36. The van der Waals surface area contributed by atoms with E-state index in [1.807, 2.05) is 12.1 Å². The first kappa shape index (κ1) is 9.21. The number of nitrogens with zero attached hydrogens (tertiary/aromatic N) is 2. The summed E-state index contributed by atoms with van der Waals surface area (Å²) in [5.41, 5.74) is 6.22. The number of ether oxygens (including phenoxy) is 1. The topological polar surface area (TPSA) is 61.0 Å². The molecule has 0 spiro atoms. The number of hydrogen-bond donors (Lipinski definition) is 1. The molecule has 14 heavy (non-hydrogen) atoms. The smallest absolute Gasteiger partial charge is 0.220 e. The highest BCUT2D eigenvalue weighted by atomic mass is 79.9. The van der Waals surface area contributed by atoms with Crippen molar-refractivity contribution in [2.24, 2.45) is 0 Å². The van der Waals surface area contributed by atoms with Gasteiger partial charge in [-0.3, -0.25) is 0 Å². The lowest BCUT2D eigenvalue weighted by Gasteiger charge is -2.05. The van der Waals surface area contributed by atoms with Crippen molar-refractivity contribution in [2.75, 3.05) is 12.8 Å². The van der Waals surface area contributed by atoms with E-state index in [-0.39, 0.29) is 5.95 Å². The zero-order valence-electron chi connectivity index (χ0n) is 7.49. The van der Waals surface area contributed by atoms with Crippen LogP contribution in [0, 0.1) is 0 Å². The van der Waals surface area contributed by atoms with Gasteiger partial charge in [0.1, 0.15) is 11.3 Å². The Bertz CT molecular complexity index is 487. The molecule has 0 saturated heterocycles. The highest BCUT2D eigenvalue weighted by Gasteiger charge is 2.05. The van der Waals surface area contributed by atoms with E-state index >= 15 is 0 Å². The summed E-state index contributed by atoms with van der Waals surface area (Å²) in [4.78, 5) is 8.02. The largest absolute Gasteiger partial charge is 0.494 e. The SMILES string of the molecule is COc1cc(Br)cc2cnc(N)nc12. The van der Waals surface area contributed by atoms with E-state index in [2.05, 4.69) is 25.9 Å². The number of rotatable bonds is 1. The molecule has 1 heterocycles. The molecule has 1 aromatic carbocycles. The molecule has 0 radical (unpaired) electrons. The lowest BCUT2D eigenvalue weighted by atomic mass is 10.2. The quantitative estimate of drug-likeness (QED) is 0.845. The van der Waals surface area contributed by atoms with Crippen molar-refractivity contribution >= 4 is 32.8 Å². The Morgan fingerprint density at radius 2 is 2.21 bits per heavy atom. The molecule has 0 amide bonds. The van der Waals surface area contributed by atoms with E-state index < -0.39 is 0 Å². The summed E-state index contributed by atoms with van der Waals surface area (Å²) in [6.07, 6.45) is 1.67. The number of nitrogen functional groups attached to an aromatic ring is 1. The summed E-state index contributed by atoms with van der Waals surface area (Å²) in [6.45, 7) is 0. The number of hydrogen-bond acceptors (Lipinski definition) is 4. The third-order valence-electron chi connectivity index (χ3n) is 1.85. The van der Waals surface area contributed by atoms with Gasteiger partial charge in [0.2, 0.25) is 5.95 Å². The van der Waals surface area contributed by atoms with Gasteiger partial charge in [-0.25, -0.2) is 9.97 Å².